The van der Waals surface area contributed by atoms with Gasteiger partial charge in [0.05, 0.1) is 5.37 Å². The molecule has 0 aliphatic carbocycles. The molecule has 0 aromatic heterocycles. The highest BCUT2D eigenvalue weighted by molar-refractivity contribution is 8.00. The maximum absolute atomic E-state index is 11.9. The van der Waals surface area contributed by atoms with Crippen LogP contribution in [0.15, 0.2) is 0 Å². The van der Waals surface area contributed by atoms with Crippen LogP contribution in [0.1, 0.15) is 40.0 Å². The van der Waals surface area contributed by atoms with Gasteiger partial charge in [0.25, 0.3) is 0 Å². The van der Waals surface area contributed by atoms with Gasteiger partial charge in [-0.25, -0.2) is 0 Å². The summed E-state index contributed by atoms with van der Waals surface area (Å²) in [6.07, 6.45) is 2.76. The zero-order chi connectivity index (χ0) is 11.9. The van der Waals surface area contributed by atoms with E-state index in [-0.39, 0.29) is 11.8 Å². The summed E-state index contributed by atoms with van der Waals surface area (Å²) < 4.78 is 35.6. The van der Waals surface area contributed by atoms with Crippen LogP contribution in [0.4, 0.5) is 13.2 Å². The average Bonchev–Trinajstić information content (AvgIpc) is 2.08. The van der Waals surface area contributed by atoms with E-state index in [1.807, 2.05) is 6.92 Å². The molecule has 2 unspecified atom stereocenters. The summed E-state index contributed by atoms with van der Waals surface area (Å²) >= 11 is 0.0686. The second-order valence-corrected chi connectivity index (χ2v) is 5.12. The van der Waals surface area contributed by atoms with Crippen molar-refractivity contribution in [2.24, 2.45) is 5.92 Å². The van der Waals surface area contributed by atoms with Crippen LogP contribution >= 0.6 is 11.8 Å². The molecule has 1 rings (SSSR count). The van der Waals surface area contributed by atoms with Gasteiger partial charge in [-0.05, 0) is 37.1 Å². The molecule has 1 N–H and O–H groups in total. The molecule has 1 aliphatic heterocycles. The summed E-state index contributed by atoms with van der Waals surface area (Å²) in [7, 11) is 0. The predicted octanol–water partition coefficient (Wildman–Crippen LogP) is 4.00. The van der Waals surface area contributed by atoms with Gasteiger partial charge in [0.1, 0.15) is 0 Å². The molecular weight excluding hydrogens is 223 g/mol. The number of halogens is 3. The Morgan fingerprint density at radius 2 is 1.80 bits per heavy atom. The Bertz CT molecular complexity index is 153. The van der Waals surface area contributed by atoms with Crippen LogP contribution in [0.3, 0.4) is 0 Å². The van der Waals surface area contributed by atoms with Crippen LogP contribution in [-0.4, -0.2) is 17.4 Å². The molecule has 0 aromatic rings. The highest BCUT2D eigenvalue weighted by Crippen LogP contribution is 2.36. The van der Waals surface area contributed by atoms with E-state index >= 15 is 0 Å². The third-order valence-electron chi connectivity index (χ3n) is 1.89. The molecule has 0 saturated carbocycles. The number of piperidine rings is 1. The number of nitrogens with one attached hydrogen (secondary N) is 1. The molecule has 0 radical (unpaired) electrons. The topological polar surface area (TPSA) is 12.0 Å². The van der Waals surface area contributed by atoms with Crippen LogP contribution in [0, 0.1) is 5.92 Å². The van der Waals surface area contributed by atoms with Crippen molar-refractivity contribution in [1.82, 2.24) is 5.32 Å². The Labute approximate surface area is 94.2 Å². The van der Waals surface area contributed by atoms with Gasteiger partial charge in [0.15, 0.2) is 0 Å². The molecule has 0 aromatic carbocycles. The molecule has 0 bridgehead atoms. The van der Waals surface area contributed by atoms with Gasteiger partial charge < -0.3 is 5.32 Å². The lowest BCUT2D eigenvalue weighted by molar-refractivity contribution is -0.0338. The monoisotopic (exact) mass is 243 g/mol. The number of hydrogen-bond donors (Lipinski definition) is 1. The smallest absolute Gasteiger partial charge is 0.305 e. The van der Waals surface area contributed by atoms with E-state index < -0.39 is 10.9 Å². The lowest BCUT2D eigenvalue weighted by Crippen LogP contribution is -2.37. The van der Waals surface area contributed by atoms with Gasteiger partial charge in [0, 0.05) is 0 Å². The number of alkyl halides is 3. The van der Waals surface area contributed by atoms with E-state index in [1.54, 1.807) is 0 Å². The number of rotatable bonds is 1. The largest absolute Gasteiger partial charge is 0.443 e. The second-order valence-electron chi connectivity index (χ2n) is 3.85. The van der Waals surface area contributed by atoms with Crippen molar-refractivity contribution in [3.63, 3.8) is 0 Å². The quantitative estimate of drug-likeness (QED) is 0.747. The standard InChI is InChI=1S/C7H12F3NS.C3H8/c1-5-2-3-6(11-4-5)12-7(8,9)10;1-3-2/h5-6,11H,2-4H2,1H3;3H2,1-2H3. The average molecular weight is 243 g/mol. The van der Waals surface area contributed by atoms with E-state index in [0.717, 1.165) is 6.42 Å². The van der Waals surface area contributed by atoms with E-state index in [1.165, 1.54) is 6.42 Å². The van der Waals surface area contributed by atoms with Gasteiger partial charge in [-0.2, -0.15) is 13.2 Å². The predicted molar refractivity (Wildman–Crippen MR) is 59.8 cm³/mol. The molecule has 1 aliphatic rings. The van der Waals surface area contributed by atoms with Crippen molar-refractivity contribution in [2.75, 3.05) is 6.54 Å². The minimum absolute atomic E-state index is 0.0686. The van der Waals surface area contributed by atoms with Crippen LogP contribution in [0.2, 0.25) is 0 Å². The fourth-order valence-corrected chi connectivity index (χ4v) is 1.99. The molecule has 5 heteroatoms. The van der Waals surface area contributed by atoms with Crippen LogP contribution < -0.4 is 5.32 Å². The van der Waals surface area contributed by atoms with E-state index in [2.05, 4.69) is 19.2 Å². The third kappa shape index (κ3) is 9.05. The van der Waals surface area contributed by atoms with Crippen molar-refractivity contribution in [3.8, 4) is 0 Å². The van der Waals surface area contributed by atoms with E-state index in [4.69, 9.17) is 0 Å². The highest BCUT2D eigenvalue weighted by Gasteiger charge is 2.34. The minimum atomic E-state index is -4.10. The van der Waals surface area contributed by atoms with Gasteiger partial charge in [-0.1, -0.05) is 27.2 Å². The molecule has 0 spiro atoms. The highest BCUT2D eigenvalue weighted by atomic mass is 32.2. The van der Waals surface area contributed by atoms with Crippen LogP contribution in [0.25, 0.3) is 0 Å². The Balaban J connectivity index is 0.000000583. The van der Waals surface area contributed by atoms with Crippen molar-refractivity contribution >= 4 is 11.8 Å². The number of thioether (sulfide) groups is 1. The van der Waals surface area contributed by atoms with Gasteiger partial charge in [-0.15, -0.1) is 0 Å². The maximum atomic E-state index is 11.9. The molecule has 0 amide bonds. The lowest BCUT2D eigenvalue weighted by atomic mass is 10.0. The van der Waals surface area contributed by atoms with Crippen molar-refractivity contribution in [2.45, 2.75) is 50.9 Å². The second kappa shape index (κ2) is 7.39. The Morgan fingerprint density at radius 1 is 1.27 bits per heavy atom. The summed E-state index contributed by atoms with van der Waals surface area (Å²) in [6, 6.07) is 0. The zero-order valence-electron chi connectivity index (χ0n) is 9.53. The molecule has 1 fully saturated rings. The first-order valence-corrected chi connectivity index (χ1v) is 6.24. The summed E-state index contributed by atoms with van der Waals surface area (Å²) in [5, 5.41) is 2.44. The maximum Gasteiger partial charge on any atom is 0.443 e. The first-order valence-electron chi connectivity index (χ1n) is 5.37. The van der Waals surface area contributed by atoms with E-state index in [0.29, 0.717) is 18.9 Å². The minimum Gasteiger partial charge on any atom is -0.305 e. The lowest BCUT2D eigenvalue weighted by Gasteiger charge is -2.27. The number of hydrogen-bond acceptors (Lipinski definition) is 2. The molecular formula is C10H20F3NS. The summed E-state index contributed by atoms with van der Waals surface area (Å²) in [4.78, 5) is 0. The van der Waals surface area contributed by atoms with Gasteiger partial charge in [0.2, 0.25) is 0 Å². The van der Waals surface area contributed by atoms with Crippen molar-refractivity contribution in [3.05, 3.63) is 0 Å². The van der Waals surface area contributed by atoms with Crippen molar-refractivity contribution < 1.29 is 13.2 Å². The molecule has 2 atom stereocenters. The van der Waals surface area contributed by atoms with Gasteiger partial charge in [-0.3, -0.25) is 0 Å². The third-order valence-corrected chi connectivity index (χ3v) is 2.85. The molecule has 1 saturated heterocycles. The summed E-state index contributed by atoms with van der Waals surface area (Å²) in [5.41, 5.74) is -4.10. The van der Waals surface area contributed by atoms with Crippen molar-refractivity contribution in [1.29, 1.82) is 0 Å². The van der Waals surface area contributed by atoms with E-state index in [9.17, 15) is 13.2 Å². The van der Waals surface area contributed by atoms with Crippen LogP contribution in [-0.2, 0) is 0 Å². The Hall–Kier alpha value is 0.1000. The Kier molecular flexibility index (Phi) is 7.44. The first kappa shape index (κ1) is 15.1. The summed E-state index contributed by atoms with van der Waals surface area (Å²) in [5.74, 6) is 0.509. The Morgan fingerprint density at radius 3 is 2.13 bits per heavy atom. The summed E-state index contributed by atoms with van der Waals surface area (Å²) in [6.45, 7) is 7.00. The zero-order valence-corrected chi connectivity index (χ0v) is 10.3. The fourth-order valence-electron chi connectivity index (χ4n) is 1.23. The molecule has 1 heterocycles. The van der Waals surface area contributed by atoms with Gasteiger partial charge >= 0.3 is 5.51 Å². The first-order chi connectivity index (χ1) is 6.89. The molecule has 1 nitrogen and oxygen atoms in total. The SMILES string of the molecule is CC1CCC(SC(F)(F)F)NC1.CCC. The fraction of sp³-hybridized carbons (Fsp3) is 1.00. The normalized spacial score (nSPS) is 26.8. The molecule has 15 heavy (non-hydrogen) atoms. The molecule has 92 valence electrons. The van der Waals surface area contributed by atoms with Crippen LogP contribution in [0.5, 0.6) is 0 Å².